The summed E-state index contributed by atoms with van der Waals surface area (Å²) in [5.74, 6) is -0.997. The minimum Gasteiger partial charge on any atom is -0.454 e. The van der Waals surface area contributed by atoms with Crippen LogP contribution in [0.2, 0.25) is 0 Å². The molecule has 8 heteroatoms. The molecule has 2 aromatic carbocycles. The van der Waals surface area contributed by atoms with Gasteiger partial charge in [-0.05, 0) is 56.7 Å². The number of hydrogen-bond acceptors (Lipinski definition) is 6. The van der Waals surface area contributed by atoms with E-state index in [1.165, 1.54) is 31.4 Å². The fourth-order valence-electron chi connectivity index (χ4n) is 2.72. The summed E-state index contributed by atoms with van der Waals surface area (Å²) in [5, 5.41) is 0. The predicted molar refractivity (Wildman–Crippen MR) is 109 cm³/mol. The maximum Gasteiger partial charge on any atom is 0.338 e. The van der Waals surface area contributed by atoms with Crippen molar-refractivity contribution in [3.8, 4) is 0 Å². The average Bonchev–Trinajstić information content (AvgIpc) is 2.67. The number of Topliss-reactive ketones (excluding diaryl/α,β-unsaturated/α-hetero) is 1. The van der Waals surface area contributed by atoms with Gasteiger partial charge in [-0.25, -0.2) is 17.9 Å². The van der Waals surface area contributed by atoms with Crippen LogP contribution in [-0.2, 0) is 19.5 Å². The summed E-state index contributed by atoms with van der Waals surface area (Å²) in [7, 11) is -2.25. The number of rotatable bonds is 9. The monoisotopic (exact) mass is 419 g/mol. The molecule has 0 spiro atoms. The SMILES string of the molecule is COC[C@H](C)NS(=O)(=O)c1ccc(C(=O)OCC(=O)c2cc(C)ccc2C)cc1. The van der Waals surface area contributed by atoms with Crippen molar-refractivity contribution in [1.82, 2.24) is 4.72 Å². The third-order valence-corrected chi connectivity index (χ3v) is 5.81. The van der Waals surface area contributed by atoms with Gasteiger partial charge >= 0.3 is 5.97 Å². The number of nitrogens with one attached hydrogen (secondary N) is 1. The van der Waals surface area contributed by atoms with E-state index in [-0.39, 0.29) is 29.5 Å². The molecule has 0 aromatic heterocycles. The highest BCUT2D eigenvalue weighted by molar-refractivity contribution is 7.89. The normalized spacial score (nSPS) is 12.4. The van der Waals surface area contributed by atoms with Gasteiger partial charge in [-0.1, -0.05) is 17.7 Å². The first-order chi connectivity index (χ1) is 13.6. The van der Waals surface area contributed by atoms with Gasteiger partial charge in [-0.2, -0.15) is 0 Å². The quantitative estimate of drug-likeness (QED) is 0.496. The number of carbonyl (C=O) groups excluding carboxylic acids is 2. The third-order valence-electron chi connectivity index (χ3n) is 4.20. The standard InChI is InChI=1S/C21H25NO6S/c1-14-5-6-15(2)19(11-14)20(23)13-28-21(24)17-7-9-18(10-8-17)29(25,26)22-16(3)12-27-4/h5-11,16,22H,12-13H2,1-4H3/t16-/m0/s1. The predicted octanol–water partition coefficient (Wildman–Crippen LogP) is 2.66. The molecule has 0 heterocycles. The van der Waals surface area contributed by atoms with Crippen molar-refractivity contribution in [3.05, 3.63) is 64.7 Å². The zero-order valence-electron chi connectivity index (χ0n) is 16.9. The molecule has 0 radical (unpaired) electrons. The van der Waals surface area contributed by atoms with Crippen LogP contribution in [0.1, 0.15) is 38.8 Å². The van der Waals surface area contributed by atoms with Crippen molar-refractivity contribution in [2.45, 2.75) is 31.7 Å². The largest absolute Gasteiger partial charge is 0.454 e. The Morgan fingerprint density at radius 3 is 2.34 bits per heavy atom. The Hall–Kier alpha value is -2.55. The molecule has 0 bridgehead atoms. The summed E-state index contributed by atoms with van der Waals surface area (Å²) < 4.78 is 37.1. The molecule has 0 aliphatic rings. The highest BCUT2D eigenvalue weighted by Gasteiger charge is 2.19. The molecule has 0 unspecified atom stereocenters. The molecule has 1 N–H and O–H groups in total. The smallest absolute Gasteiger partial charge is 0.338 e. The van der Waals surface area contributed by atoms with Gasteiger partial charge in [0.2, 0.25) is 15.8 Å². The lowest BCUT2D eigenvalue weighted by Gasteiger charge is -2.13. The van der Waals surface area contributed by atoms with Gasteiger partial charge in [-0.3, -0.25) is 4.79 Å². The Morgan fingerprint density at radius 1 is 1.07 bits per heavy atom. The lowest BCUT2D eigenvalue weighted by atomic mass is 10.0. The van der Waals surface area contributed by atoms with Crippen LogP contribution in [0.5, 0.6) is 0 Å². The number of aryl methyl sites for hydroxylation is 2. The second-order valence-corrected chi connectivity index (χ2v) is 8.53. The number of ketones is 1. The second-order valence-electron chi connectivity index (χ2n) is 6.82. The van der Waals surface area contributed by atoms with Crippen LogP contribution in [-0.4, -0.2) is 46.5 Å². The highest BCUT2D eigenvalue weighted by atomic mass is 32.2. The molecule has 2 aromatic rings. The first kappa shape index (κ1) is 22.7. The van der Waals surface area contributed by atoms with Crippen LogP contribution in [0, 0.1) is 13.8 Å². The van der Waals surface area contributed by atoms with E-state index in [2.05, 4.69) is 4.72 Å². The topological polar surface area (TPSA) is 98.8 Å². The van der Waals surface area contributed by atoms with Crippen LogP contribution in [0.3, 0.4) is 0 Å². The van der Waals surface area contributed by atoms with E-state index in [1.807, 2.05) is 26.0 Å². The molecule has 2 rings (SSSR count). The van der Waals surface area contributed by atoms with Crippen molar-refractivity contribution in [2.24, 2.45) is 0 Å². The molecular weight excluding hydrogens is 394 g/mol. The van der Waals surface area contributed by atoms with Crippen molar-refractivity contribution in [3.63, 3.8) is 0 Å². The number of ether oxygens (including phenoxy) is 2. The van der Waals surface area contributed by atoms with Crippen LogP contribution < -0.4 is 4.72 Å². The average molecular weight is 419 g/mol. The summed E-state index contributed by atoms with van der Waals surface area (Å²) in [6.45, 7) is 5.22. The van der Waals surface area contributed by atoms with E-state index in [0.717, 1.165) is 11.1 Å². The van der Waals surface area contributed by atoms with Crippen LogP contribution in [0.15, 0.2) is 47.4 Å². The zero-order chi connectivity index (χ0) is 21.6. The summed E-state index contributed by atoms with van der Waals surface area (Å²) in [4.78, 5) is 24.5. The van der Waals surface area contributed by atoms with Crippen molar-refractivity contribution in [2.75, 3.05) is 20.3 Å². The number of methoxy groups -OCH3 is 1. The maximum atomic E-state index is 12.3. The van der Waals surface area contributed by atoms with E-state index in [9.17, 15) is 18.0 Å². The number of hydrogen-bond donors (Lipinski definition) is 1. The Balaban J connectivity index is 2.01. The lowest BCUT2D eigenvalue weighted by molar-refractivity contribution is 0.0474. The first-order valence-electron chi connectivity index (χ1n) is 9.03. The Kier molecular flexibility index (Phi) is 7.66. The Labute approximate surface area is 171 Å². The number of carbonyl (C=O) groups is 2. The van der Waals surface area contributed by atoms with Gasteiger partial charge in [0.1, 0.15) is 0 Å². The molecular formula is C21H25NO6S. The van der Waals surface area contributed by atoms with Gasteiger partial charge < -0.3 is 9.47 Å². The maximum absolute atomic E-state index is 12.3. The highest BCUT2D eigenvalue weighted by Crippen LogP contribution is 2.14. The number of esters is 1. The molecule has 0 fully saturated rings. The second kappa shape index (κ2) is 9.78. The minimum atomic E-state index is -3.73. The van der Waals surface area contributed by atoms with E-state index < -0.39 is 22.0 Å². The molecule has 0 aliphatic heterocycles. The van der Waals surface area contributed by atoms with Crippen LogP contribution >= 0.6 is 0 Å². The third kappa shape index (κ3) is 6.22. The summed E-state index contributed by atoms with van der Waals surface area (Å²) in [5.41, 5.74) is 2.41. The van der Waals surface area contributed by atoms with Gasteiger partial charge in [-0.15, -0.1) is 0 Å². The molecule has 7 nitrogen and oxygen atoms in total. The van der Waals surface area contributed by atoms with E-state index in [4.69, 9.17) is 9.47 Å². The molecule has 0 saturated carbocycles. The molecule has 1 atom stereocenters. The summed E-state index contributed by atoms with van der Waals surface area (Å²) >= 11 is 0. The van der Waals surface area contributed by atoms with E-state index >= 15 is 0 Å². The van der Waals surface area contributed by atoms with E-state index in [0.29, 0.717) is 5.56 Å². The Morgan fingerprint density at radius 2 is 1.72 bits per heavy atom. The molecule has 29 heavy (non-hydrogen) atoms. The van der Waals surface area contributed by atoms with E-state index in [1.54, 1.807) is 13.0 Å². The van der Waals surface area contributed by atoms with Gasteiger partial charge in [0.15, 0.2) is 6.61 Å². The summed E-state index contributed by atoms with van der Waals surface area (Å²) in [6.07, 6.45) is 0. The summed E-state index contributed by atoms with van der Waals surface area (Å²) in [6, 6.07) is 10.4. The zero-order valence-corrected chi connectivity index (χ0v) is 17.7. The van der Waals surface area contributed by atoms with Gasteiger partial charge in [0, 0.05) is 18.7 Å². The molecule has 0 aliphatic carbocycles. The molecule has 0 saturated heterocycles. The van der Waals surface area contributed by atoms with Crippen molar-refractivity contribution < 1.29 is 27.5 Å². The first-order valence-corrected chi connectivity index (χ1v) is 10.5. The Bertz CT molecular complexity index is 983. The molecule has 0 amide bonds. The van der Waals surface area contributed by atoms with Gasteiger partial charge in [0.05, 0.1) is 17.1 Å². The number of sulfonamides is 1. The van der Waals surface area contributed by atoms with Crippen LogP contribution in [0.4, 0.5) is 0 Å². The van der Waals surface area contributed by atoms with Gasteiger partial charge in [0.25, 0.3) is 0 Å². The minimum absolute atomic E-state index is 0.0171. The fourth-order valence-corrected chi connectivity index (χ4v) is 3.94. The molecule has 156 valence electrons. The fraction of sp³-hybridized carbons (Fsp3) is 0.333. The van der Waals surface area contributed by atoms with Crippen LogP contribution in [0.25, 0.3) is 0 Å². The van der Waals surface area contributed by atoms with Crippen molar-refractivity contribution in [1.29, 1.82) is 0 Å². The number of benzene rings is 2. The lowest BCUT2D eigenvalue weighted by Crippen LogP contribution is -2.35. The van der Waals surface area contributed by atoms with Crippen molar-refractivity contribution >= 4 is 21.8 Å².